The van der Waals surface area contributed by atoms with E-state index in [0.29, 0.717) is 5.69 Å². The first-order valence-electron chi connectivity index (χ1n) is 9.24. The fourth-order valence-corrected chi connectivity index (χ4v) is 2.38. The van der Waals surface area contributed by atoms with Crippen molar-refractivity contribution in [1.29, 1.82) is 0 Å². The van der Waals surface area contributed by atoms with Crippen LogP contribution in [0.1, 0.15) is 25.5 Å². The molecule has 14 nitrogen and oxygen atoms in total. The number of aliphatic hydroxyl groups is 1. The van der Waals surface area contributed by atoms with Crippen molar-refractivity contribution >= 4 is 29.7 Å². The lowest BCUT2D eigenvalue weighted by Gasteiger charge is -2.23. The molecule has 14 heteroatoms. The summed E-state index contributed by atoms with van der Waals surface area (Å²) in [5, 5.41) is 33.8. The Balaban J connectivity index is 2.77. The molecule has 0 spiro atoms. The van der Waals surface area contributed by atoms with E-state index in [1.165, 1.54) is 19.4 Å². The second kappa shape index (κ2) is 12.2. The van der Waals surface area contributed by atoms with E-state index in [9.17, 15) is 29.1 Å². The van der Waals surface area contributed by atoms with Gasteiger partial charge in [-0.2, -0.15) is 0 Å². The summed E-state index contributed by atoms with van der Waals surface area (Å²) in [5.41, 5.74) is 6.34. The number of aliphatic hydroxyl groups excluding tert-OH is 1. The monoisotopic (exact) mass is 442 g/mol. The third-order valence-corrected chi connectivity index (χ3v) is 4.16. The van der Waals surface area contributed by atoms with Gasteiger partial charge in [-0.05, 0) is 13.3 Å². The first kappa shape index (κ1) is 25.5. The minimum Gasteiger partial charge on any atom is -0.481 e. The summed E-state index contributed by atoms with van der Waals surface area (Å²) in [6.07, 6.45) is 2.11. The van der Waals surface area contributed by atoms with Crippen molar-refractivity contribution in [1.82, 2.24) is 25.9 Å². The van der Waals surface area contributed by atoms with E-state index in [1.54, 1.807) is 0 Å². The first-order valence-corrected chi connectivity index (χ1v) is 9.24. The quantitative estimate of drug-likeness (QED) is 0.151. The SMILES string of the molecule is CC(NC(=O)C(CCC(=O)O)NC(=O)C(CO)NC(=O)C(N)Cc1cnc[nH]1)C(=O)O. The van der Waals surface area contributed by atoms with Crippen LogP contribution in [0.4, 0.5) is 0 Å². The number of hydrogen-bond donors (Lipinski definition) is 8. The normalized spacial score (nSPS) is 14.5. The average Bonchev–Trinajstić information content (AvgIpc) is 3.21. The second-order valence-corrected chi connectivity index (χ2v) is 6.69. The molecule has 1 aromatic heterocycles. The molecule has 4 atom stereocenters. The molecule has 172 valence electrons. The Morgan fingerprint density at radius 2 is 1.68 bits per heavy atom. The Morgan fingerprint density at radius 1 is 1.06 bits per heavy atom. The molecule has 3 amide bonds. The Hall–Kier alpha value is -3.52. The van der Waals surface area contributed by atoms with Crippen molar-refractivity contribution in [2.75, 3.05) is 6.61 Å². The highest BCUT2D eigenvalue weighted by Crippen LogP contribution is 2.02. The van der Waals surface area contributed by atoms with Crippen LogP contribution in [0.25, 0.3) is 0 Å². The molecular formula is C17H26N6O8. The molecule has 9 N–H and O–H groups in total. The van der Waals surface area contributed by atoms with Crippen LogP contribution < -0.4 is 21.7 Å². The summed E-state index contributed by atoms with van der Waals surface area (Å²) in [6.45, 7) is 0.362. The summed E-state index contributed by atoms with van der Waals surface area (Å²) >= 11 is 0. The zero-order valence-corrected chi connectivity index (χ0v) is 16.7. The van der Waals surface area contributed by atoms with Gasteiger partial charge >= 0.3 is 11.9 Å². The second-order valence-electron chi connectivity index (χ2n) is 6.69. The standard InChI is InChI=1S/C17H26N6O8/c1-8(17(30)31)21-15(28)11(2-3-13(25)26)22-16(29)12(6-24)23-14(27)10(18)4-9-5-19-7-20-9/h5,7-8,10-12,24H,2-4,6,18H2,1H3,(H,19,20)(H,21,28)(H,22,29)(H,23,27)(H,25,26)(H,30,31). The van der Waals surface area contributed by atoms with Gasteiger partial charge in [0.25, 0.3) is 0 Å². The zero-order valence-electron chi connectivity index (χ0n) is 16.7. The van der Waals surface area contributed by atoms with Gasteiger partial charge in [-0.25, -0.2) is 4.98 Å². The number of carbonyl (C=O) groups excluding carboxylic acids is 3. The van der Waals surface area contributed by atoms with Crippen LogP contribution in [0.15, 0.2) is 12.5 Å². The Labute approximate surface area is 176 Å². The van der Waals surface area contributed by atoms with E-state index in [1.807, 2.05) is 0 Å². The molecule has 0 saturated heterocycles. The fraction of sp³-hybridized carbons (Fsp3) is 0.529. The predicted molar refractivity (Wildman–Crippen MR) is 103 cm³/mol. The van der Waals surface area contributed by atoms with Gasteiger partial charge in [0.1, 0.15) is 18.1 Å². The number of rotatable bonds is 13. The number of nitrogens with one attached hydrogen (secondary N) is 4. The molecule has 0 bridgehead atoms. The van der Waals surface area contributed by atoms with E-state index in [-0.39, 0.29) is 12.8 Å². The highest BCUT2D eigenvalue weighted by Gasteiger charge is 2.29. The van der Waals surface area contributed by atoms with Crippen LogP contribution >= 0.6 is 0 Å². The fourth-order valence-electron chi connectivity index (χ4n) is 2.38. The van der Waals surface area contributed by atoms with Gasteiger partial charge in [0.2, 0.25) is 17.7 Å². The molecule has 0 aliphatic carbocycles. The minimum atomic E-state index is -1.47. The first-order chi connectivity index (χ1) is 14.5. The third-order valence-electron chi connectivity index (χ3n) is 4.16. The zero-order chi connectivity index (χ0) is 23.6. The Bertz CT molecular complexity index is 784. The van der Waals surface area contributed by atoms with Gasteiger partial charge in [0, 0.05) is 24.7 Å². The van der Waals surface area contributed by atoms with Crippen molar-refractivity contribution in [2.24, 2.45) is 5.73 Å². The van der Waals surface area contributed by atoms with Crippen LogP contribution in [0.5, 0.6) is 0 Å². The molecule has 0 aliphatic rings. The molecule has 1 aromatic rings. The van der Waals surface area contributed by atoms with Crippen LogP contribution in [-0.4, -0.2) is 85.7 Å². The van der Waals surface area contributed by atoms with Crippen LogP contribution in [-0.2, 0) is 30.4 Å². The summed E-state index contributed by atoms with van der Waals surface area (Å²) in [4.78, 5) is 65.2. The van der Waals surface area contributed by atoms with E-state index in [2.05, 4.69) is 25.9 Å². The number of amides is 3. The lowest BCUT2D eigenvalue weighted by Crippen LogP contribution is -2.58. The number of carboxylic acids is 2. The minimum absolute atomic E-state index is 0.0856. The molecule has 1 heterocycles. The number of aromatic nitrogens is 2. The number of H-pyrrole nitrogens is 1. The molecule has 0 radical (unpaired) electrons. The molecule has 1 rings (SSSR count). The van der Waals surface area contributed by atoms with Crippen molar-refractivity contribution < 1.29 is 39.3 Å². The molecule has 0 saturated carbocycles. The molecule has 4 unspecified atom stereocenters. The summed E-state index contributed by atoms with van der Waals surface area (Å²) in [5.74, 6) is -5.23. The highest BCUT2D eigenvalue weighted by molar-refractivity contribution is 5.94. The van der Waals surface area contributed by atoms with Gasteiger partial charge in [-0.1, -0.05) is 0 Å². The van der Waals surface area contributed by atoms with Crippen molar-refractivity contribution in [3.63, 3.8) is 0 Å². The van der Waals surface area contributed by atoms with E-state index >= 15 is 0 Å². The average molecular weight is 442 g/mol. The number of hydrogen-bond acceptors (Lipinski definition) is 8. The number of nitrogens with zero attached hydrogens (tertiary/aromatic N) is 1. The smallest absolute Gasteiger partial charge is 0.325 e. The number of carbonyl (C=O) groups is 5. The van der Waals surface area contributed by atoms with Crippen molar-refractivity contribution in [3.05, 3.63) is 18.2 Å². The van der Waals surface area contributed by atoms with Crippen LogP contribution in [0.3, 0.4) is 0 Å². The molecule has 0 aromatic carbocycles. The lowest BCUT2D eigenvalue weighted by molar-refractivity contribution is -0.142. The van der Waals surface area contributed by atoms with Gasteiger partial charge in [0.05, 0.1) is 19.0 Å². The molecule has 31 heavy (non-hydrogen) atoms. The maximum absolute atomic E-state index is 12.4. The summed E-state index contributed by atoms with van der Waals surface area (Å²) in [7, 11) is 0. The highest BCUT2D eigenvalue weighted by atomic mass is 16.4. The van der Waals surface area contributed by atoms with Gasteiger partial charge in [-0.15, -0.1) is 0 Å². The number of nitrogens with two attached hydrogens (primary N) is 1. The van der Waals surface area contributed by atoms with Gasteiger partial charge in [-0.3, -0.25) is 24.0 Å². The van der Waals surface area contributed by atoms with Crippen molar-refractivity contribution in [2.45, 2.75) is 50.4 Å². The number of aliphatic carboxylic acids is 2. The van der Waals surface area contributed by atoms with E-state index in [0.717, 1.165) is 0 Å². The largest absolute Gasteiger partial charge is 0.481 e. The van der Waals surface area contributed by atoms with Gasteiger partial charge < -0.3 is 42.0 Å². The summed E-state index contributed by atoms with van der Waals surface area (Å²) in [6, 6.07) is -5.23. The van der Waals surface area contributed by atoms with Gasteiger partial charge in [0.15, 0.2) is 0 Å². The lowest BCUT2D eigenvalue weighted by atomic mass is 10.1. The number of aromatic amines is 1. The van der Waals surface area contributed by atoms with E-state index in [4.69, 9.17) is 15.9 Å². The number of imidazole rings is 1. The maximum atomic E-state index is 12.4. The summed E-state index contributed by atoms with van der Waals surface area (Å²) < 4.78 is 0. The maximum Gasteiger partial charge on any atom is 0.325 e. The molecule has 0 fully saturated rings. The topological polar surface area (TPSA) is 237 Å². The Morgan fingerprint density at radius 3 is 2.19 bits per heavy atom. The molecule has 0 aliphatic heterocycles. The van der Waals surface area contributed by atoms with E-state index < -0.39 is 66.9 Å². The van der Waals surface area contributed by atoms with Crippen LogP contribution in [0, 0.1) is 0 Å². The predicted octanol–water partition coefficient (Wildman–Crippen LogP) is -3.30. The Kier molecular flexibility index (Phi) is 10.1. The van der Waals surface area contributed by atoms with Crippen molar-refractivity contribution in [3.8, 4) is 0 Å². The number of carboxylic acid groups (broad SMARTS) is 2. The third kappa shape index (κ3) is 8.79. The van der Waals surface area contributed by atoms with Crippen LogP contribution in [0.2, 0.25) is 0 Å². The molecular weight excluding hydrogens is 416 g/mol.